The van der Waals surface area contributed by atoms with Crippen LogP contribution in [0.2, 0.25) is 5.02 Å². The van der Waals surface area contributed by atoms with Gasteiger partial charge in [0.15, 0.2) is 11.5 Å². The number of hydrogen-bond acceptors (Lipinski definition) is 5. The Hall–Kier alpha value is -3.13. The Morgan fingerprint density at radius 1 is 1.22 bits per heavy atom. The minimum Gasteiger partial charge on any atom is -0.382 e. The molecule has 0 bridgehead atoms. The number of H-pyrrole nitrogens is 1. The molecule has 9 heteroatoms. The number of nitrogen functional groups attached to an aromatic ring is 1. The van der Waals surface area contributed by atoms with Crippen molar-refractivity contribution < 1.29 is 4.79 Å². The number of imidazole rings is 1. The zero-order chi connectivity index (χ0) is 22.3. The smallest absolute Gasteiger partial charge is 0.226 e. The molecule has 1 saturated carbocycles. The van der Waals surface area contributed by atoms with Crippen LogP contribution in [0.1, 0.15) is 50.3 Å². The Balaban J connectivity index is 1.40. The molecule has 166 valence electrons. The summed E-state index contributed by atoms with van der Waals surface area (Å²) < 4.78 is 1.92. The average Bonchev–Trinajstić information content (AvgIpc) is 3.37. The van der Waals surface area contributed by atoms with Gasteiger partial charge in [-0.1, -0.05) is 37.8 Å². The van der Waals surface area contributed by atoms with Crippen molar-refractivity contribution in [3.63, 3.8) is 0 Å². The molecular formula is C23H26ClN7O. The molecule has 0 spiro atoms. The van der Waals surface area contributed by atoms with E-state index in [-0.39, 0.29) is 11.3 Å². The van der Waals surface area contributed by atoms with Crippen molar-refractivity contribution in [2.75, 3.05) is 5.73 Å². The number of fused-ring (bicyclic) bond motifs is 2. The number of rotatable bonds is 5. The Bertz CT molecular complexity index is 1300. The van der Waals surface area contributed by atoms with Gasteiger partial charge in [-0.05, 0) is 36.6 Å². The van der Waals surface area contributed by atoms with Crippen LogP contribution in [-0.2, 0) is 17.9 Å². The van der Waals surface area contributed by atoms with E-state index in [1.807, 2.05) is 22.8 Å². The van der Waals surface area contributed by atoms with Crippen molar-refractivity contribution in [2.45, 2.75) is 52.1 Å². The van der Waals surface area contributed by atoms with Crippen LogP contribution in [0.5, 0.6) is 0 Å². The highest BCUT2D eigenvalue weighted by atomic mass is 35.5. The first-order valence-electron chi connectivity index (χ1n) is 10.9. The number of hydrogen-bond donors (Lipinski definition) is 3. The van der Waals surface area contributed by atoms with Crippen LogP contribution >= 0.6 is 11.6 Å². The summed E-state index contributed by atoms with van der Waals surface area (Å²) in [6.07, 6.45) is 8.52. The molecule has 0 radical (unpaired) electrons. The average molecular weight is 452 g/mol. The summed E-state index contributed by atoms with van der Waals surface area (Å²) in [4.78, 5) is 28.9. The molecule has 8 nitrogen and oxygen atoms in total. The SMILES string of the molecule is CC1(C(=O)NCc2cc3cc(Cl)cc(Cn4cnc5c(N)ncnc54)c3[nH]2)CCCCC1. The third-order valence-corrected chi connectivity index (χ3v) is 6.76. The highest BCUT2D eigenvalue weighted by Gasteiger charge is 2.34. The molecule has 1 aliphatic carbocycles. The summed E-state index contributed by atoms with van der Waals surface area (Å²) in [5, 5.41) is 4.78. The minimum absolute atomic E-state index is 0.135. The molecule has 1 fully saturated rings. The van der Waals surface area contributed by atoms with Crippen LogP contribution in [0.3, 0.4) is 0 Å². The van der Waals surface area contributed by atoms with E-state index >= 15 is 0 Å². The number of aromatic amines is 1. The summed E-state index contributed by atoms with van der Waals surface area (Å²) in [6, 6.07) is 5.90. The molecule has 3 aromatic heterocycles. The van der Waals surface area contributed by atoms with Gasteiger partial charge in [-0.2, -0.15) is 0 Å². The molecule has 0 atom stereocenters. The topological polar surface area (TPSA) is 115 Å². The molecule has 4 aromatic rings. The quantitative estimate of drug-likeness (QED) is 0.421. The molecule has 1 aromatic carbocycles. The monoisotopic (exact) mass is 451 g/mol. The van der Waals surface area contributed by atoms with E-state index in [2.05, 4.69) is 32.2 Å². The number of amides is 1. The zero-order valence-corrected chi connectivity index (χ0v) is 18.7. The third-order valence-electron chi connectivity index (χ3n) is 6.55. The van der Waals surface area contributed by atoms with Crippen LogP contribution in [0, 0.1) is 5.41 Å². The van der Waals surface area contributed by atoms with Gasteiger partial charge in [0, 0.05) is 21.5 Å². The Kier molecular flexibility index (Phi) is 5.25. The van der Waals surface area contributed by atoms with Crippen molar-refractivity contribution in [1.29, 1.82) is 0 Å². The lowest BCUT2D eigenvalue weighted by Gasteiger charge is -2.31. The van der Waals surface area contributed by atoms with Crippen LogP contribution in [0.4, 0.5) is 5.82 Å². The maximum atomic E-state index is 12.8. The van der Waals surface area contributed by atoms with Gasteiger partial charge in [0.2, 0.25) is 5.91 Å². The first-order valence-corrected chi connectivity index (χ1v) is 11.3. The largest absolute Gasteiger partial charge is 0.382 e. The van der Waals surface area contributed by atoms with Crippen LogP contribution in [0.15, 0.2) is 30.9 Å². The molecule has 3 heterocycles. The molecule has 0 aliphatic heterocycles. The molecule has 0 saturated heterocycles. The molecule has 4 N–H and O–H groups in total. The number of carbonyl (C=O) groups is 1. The zero-order valence-electron chi connectivity index (χ0n) is 18.0. The molecule has 1 aliphatic rings. The van der Waals surface area contributed by atoms with Crippen molar-refractivity contribution in [2.24, 2.45) is 5.41 Å². The fourth-order valence-electron chi connectivity index (χ4n) is 4.70. The van der Waals surface area contributed by atoms with E-state index in [1.165, 1.54) is 12.7 Å². The number of aromatic nitrogens is 5. The van der Waals surface area contributed by atoms with Gasteiger partial charge in [0.25, 0.3) is 0 Å². The number of nitrogens with one attached hydrogen (secondary N) is 2. The number of halogens is 1. The second-order valence-electron chi connectivity index (χ2n) is 8.93. The number of benzene rings is 1. The van der Waals surface area contributed by atoms with E-state index in [1.54, 1.807) is 6.33 Å². The van der Waals surface area contributed by atoms with E-state index < -0.39 is 0 Å². The number of anilines is 1. The summed E-state index contributed by atoms with van der Waals surface area (Å²) in [5.41, 5.74) is 9.83. The molecule has 32 heavy (non-hydrogen) atoms. The predicted molar refractivity (Wildman–Crippen MR) is 125 cm³/mol. The maximum Gasteiger partial charge on any atom is 0.226 e. The summed E-state index contributed by atoms with van der Waals surface area (Å²) in [5.74, 6) is 0.492. The lowest BCUT2D eigenvalue weighted by molar-refractivity contribution is -0.132. The van der Waals surface area contributed by atoms with Gasteiger partial charge >= 0.3 is 0 Å². The number of nitrogens with zero attached hydrogens (tertiary/aromatic N) is 4. The molecule has 5 rings (SSSR count). The van der Waals surface area contributed by atoms with Gasteiger partial charge < -0.3 is 20.6 Å². The van der Waals surface area contributed by atoms with Crippen LogP contribution in [0.25, 0.3) is 22.1 Å². The number of nitrogens with two attached hydrogens (primary N) is 1. The fraction of sp³-hybridized carbons (Fsp3) is 0.391. The number of carbonyl (C=O) groups excluding carboxylic acids is 1. The highest BCUT2D eigenvalue weighted by Crippen LogP contribution is 2.36. The molecular weight excluding hydrogens is 426 g/mol. The van der Waals surface area contributed by atoms with Crippen molar-refractivity contribution in [3.05, 3.63) is 47.1 Å². The Morgan fingerprint density at radius 2 is 2.03 bits per heavy atom. The Labute approximate surface area is 190 Å². The van der Waals surface area contributed by atoms with E-state index in [9.17, 15) is 4.79 Å². The minimum atomic E-state index is -0.259. The van der Waals surface area contributed by atoms with E-state index in [4.69, 9.17) is 17.3 Å². The van der Waals surface area contributed by atoms with Crippen molar-refractivity contribution in [1.82, 2.24) is 29.8 Å². The van der Waals surface area contributed by atoms with Gasteiger partial charge in [0.05, 0.1) is 24.9 Å². The fourth-order valence-corrected chi connectivity index (χ4v) is 4.95. The molecule has 1 amide bonds. The van der Waals surface area contributed by atoms with Gasteiger partial charge in [-0.3, -0.25) is 4.79 Å². The van der Waals surface area contributed by atoms with Crippen LogP contribution < -0.4 is 11.1 Å². The highest BCUT2D eigenvalue weighted by molar-refractivity contribution is 6.31. The van der Waals surface area contributed by atoms with Crippen molar-refractivity contribution in [3.8, 4) is 0 Å². The predicted octanol–water partition coefficient (Wildman–Crippen LogP) is 4.18. The summed E-state index contributed by atoms with van der Waals surface area (Å²) in [6.45, 7) is 3.06. The third kappa shape index (κ3) is 3.79. The maximum absolute atomic E-state index is 12.8. The standard InChI is InChI=1S/C23H26ClN7O/c1-23(5-3-2-4-6-23)22(32)26-10-17-9-14-7-16(24)8-15(18(14)30-17)11-31-13-29-19-20(25)27-12-28-21(19)31/h7-9,12-13,30H,2-6,10-11H2,1H3,(H,26,32)(H2,25,27,28). The van der Waals surface area contributed by atoms with Gasteiger partial charge in [0.1, 0.15) is 11.8 Å². The first kappa shape index (κ1) is 20.8. The normalized spacial score (nSPS) is 15.9. The molecule has 0 unspecified atom stereocenters. The first-order chi connectivity index (χ1) is 15.4. The summed E-state index contributed by atoms with van der Waals surface area (Å²) in [7, 11) is 0. The van der Waals surface area contributed by atoms with Crippen molar-refractivity contribution >= 4 is 45.4 Å². The van der Waals surface area contributed by atoms with Gasteiger partial charge in [-0.15, -0.1) is 0 Å². The lowest BCUT2D eigenvalue weighted by atomic mass is 9.75. The Morgan fingerprint density at radius 3 is 2.84 bits per heavy atom. The van der Waals surface area contributed by atoms with Crippen LogP contribution in [-0.4, -0.2) is 30.4 Å². The second kappa shape index (κ2) is 8.09. The second-order valence-corrected chi connectivity index (χ2v) is 9.37. The summed E-state index contributed by atoms with van der Waals surface area (Å²) >= 11 is 6.41. The van der Waals surface area contributed by atoms with Gasteiger partial charge in [-0.25, -0.2) is 15.0 Å². The van der Waals surface area contributed by atoms with E-state index in [0.29, 0.717) is 35.1 Å². The lowest BCUT2D eigenvalue weighted by Crippen LogP contribution is -2.39. The van der Waals surface area contributed by atoms with E-state index in [0.717, 1.165) is 47.8 Å².